The Morgan fingerprint density at radius 3 is 2.90 bits per heavy atom. The minimum absolute atomic E-state index is 0.333. The molecule has 2 heteroatoms. The minimum atomic E-state index is -0.426. The van der Waals surface area contributed by atoms with Gasteiger partial charge < -0.3 is 10.8 Å². The average molecular weight is 139 g/mol. The molecule has 0 saturated carbocycles. The molecule has 0 aromatic carbocycles. The highest BCUT2D eigenvalue weighted by Crippen LogP contribution is 2.13. The van der Waals surface area contributed by atoms with Gasteiger partial charge in [-0.25, -0.2) is 0 Å². The fourth-order valence-corrected chi connectivity index (χ4v) is 1.04. The third kappa shape index (κ3) is 1.69. The Balaban J connectivity index is 2.47. The molecule has 2 nitrogen and oxygen atoms in total. The molecule has 0 radical (unpaired) electrons. The molecule has 1 aliphatic carbocycles. The van der Waals surface area contributed by atoms with Crippen molar-refractivity contribution < 1.29 is 5.11 Å². The van der Waals surface area contributed by atoms with Crippen LogP contribution in [0.3, 0.4) is 0 Å². The topological polar surface area (TPSA) is 46.2 Å². The maximum absolute atomic E-state index is 9.26. The van der Waals surface area contributed by atoms with E-state index in [2.05, 4.69) is 12.2 Å². The lowest BCUT2D eigenvalue weighted by Crippen LogP contribution is -2.22. The van der Waals surface area contributed by atoms with Crippen LogP contribution in [0.15, 0.2) is 23.8 Å². The number of rotatable bonds is 2. The van der Waals surface area contributed by atoms with Crippen molar-refractivity contribution in [3.8, 4) is 0 Å². The Bertz CT molecular complexity index is 161. The van der Waals surface area contributed by atoms with Crippen molar-refractivity contribution >= 4 is 0 Å². The first kappa shape index (κ1) is 7.51. The molecule has 10 heavy (non-hydrogen) atoms. The lowest BCUT2D eigenvalue weighted by molar-refractivity contribution is 0.216. The van der Waals surface area contributed by atoms with Gasteiger partial charge in [-0.05, 0) is 18.4 Å². The van der Waals surface area contributed by atoms with Gasteiger partial charge in [-0.15, -0.1) is 0 Å². The van der Waals surface area contributed by atoms with Gasteiger partial charge in [-0.1, -0.05) is 18.2 Å². The van der Waals surface area contributed by atoms with E-state index < -0.39 is 6.10 Å². The van der Waals surface area contributed by atoms with E-state index in [0.29, 0.717) is 6.54 Å². The van der Waals surface area contributed by atoms with Gasteiger partial charge in [0.25, 0.3) is 0 Å². The molecule has 1 unspecified atom stereocenters. The third-order valence-electron chi connectivity index (χ3n) is 1.69. The summed E-state index contributed by atoms with van der Waals surface area (Å²) in [4.78, 5) is 0. The zero-order valence-corrected chi connectivity index (χ0v) is 5.96. The molecule has 3 N–H and O–H groups in total. The van der Waals surface area contributed by atoms with Gasteiger partial charge in [-0.3, -0.25) is 0 Å². The highest BCUT2D eigenvalue weighted by Gasteiger charge is 2.07. The van der Waals surface area contributed by atoms with E-state index in [4.69, 9.17) is 5.73 Å². The maximum atomic E-state index is 9.26. The largest absolute Gasteiger partial charge is 0.387 e. The zero-order valence-electron chi connectivity index (χ0n) is 5.96. The normalized spacial score (nSPS) is 20.4. The van der Waals surface area contributed by atoms with Gasteiger partial charge in [0.15, 0.2) is 0 Å². The van der Waals surface area contributed by atoms with Crippen LogP contribution in [0.4, 0.5) is 0 Å². The van der Waals surface area contributed by atoms with Crippen molar-refractivity contribution in [2.24, 2.45) is 5.73 Å². The highest BCUT2D eigenvalue weighted by atomic mass is 16.3. The molecule has 0 fully saturated rings. The van der Waals surface area contributed by atoms with Crippen LogP contribution in [0, 0.1) is 0 Å². The van der Waals surface area contributed by atoms with Crippen molar-refractivity contribution in [1.29, 1.82) is 0 Å². The summed E-state index contributed by atoms with van der Waals surface area (Å²) in [6, 6.07) is 0. The van der Waals surface area contributed by atoms with E-state index in [1.165, 1.54) is 0 Å². The van der Waals surface area contributed by atoms with Crippen LogP contribution in [0.1, 0.15) is 12.8 Å². The SMILES string of the molecule is NCC(O)C1=CCC=CC1. The smallest absolute Gasteiger partial charge is 0.0875 e. The Labute approximate surface area is 61.0 Å². The summed E-state index contributed by atoms with van der Waals surface area (Å²) in [7, 11) is 0. The van der Waals surface area contributed by atoms with E-state index in [9.17, 15) is 5.11 Å². The molecule has 0 amide bonds. The van der Waals surface area contributed by atoms with Gasteiger partial charge >= 0.3 is 0 Å². The zero-order chi connectivity index (χ0) is 7.40. The number of nitrogens with two attached hydrogens (primary N) is 1. The predicted octanol–water partition coefficient (Wildman–Crippen LogP) is 0.582. The summed E-state index contributed by atoms with van der Waals surface area (Å²) in [6.45, 7) is 0.333. The van der Waals surface area contributed by atoms with Crippen LogP contribution < -0.4 is 5.73 Å². The first-order valence-corrected chi connectivity index (χ1v) is 3.56. The molecule has 0 heterocycles. The van der Waals surface area contributed by atoms with Crippen LogP contribution in [-0.4, -0.2) is 17.8 Å². The fourth-order valence-electron chi connectivity index (χ4n) is 1.04. The average Bonchev–Trinajstić information content (AvgIpc) is 2.05. The number of hydrogen-bond donors (Lipinski definition) is 2. The summed E-state index contributed by atoms with van der Waals surface area (Å²) in [5, 5.41) is 9.26. The Morgan fingerprint density at radius 1 is 1.60 bits per heavy atom. The van der Waals surface area contributed by atoms with Gasteiger partial charge in [0.05, 0.1) is 6.10 Å². The van der Waals surface area contributed by atoms with Crippen LogP contribution in [0.25, 0.3) is 0 Å². The molecule has 0 saturated heterocycles. The van der Waals surface area contributed by atoms with Crippen LogP contribution >= 0.6 is 0 Å². The Kier molecular flexibility index (Phi) is 2.66. The van der Waals surface area contributed by atoms with Gasteiger partial charge in [0.2, 0.25) is 0 Å². The molecule has 0 spiro atoms. The van der Waals surface area contributed by atoms with E-state index >= 15 is 0 Å². The number of allylic oxidation sites excluding steroid dienone is 3. The second kappa shape index (κ2) is 3.54. The standard InChI is InChI=1S/C8H13NO/c9-6-8(10)7-4-2-1-3-5-7/h1-2,5,8,10H,3-4,6,9H2. The van der Waals surface area contributed by atoms with Crippen molar-refractivity contribution in [2.45, 2.75) is 18.9 Å². The predicted molar refractivity (Wildman–Crippen MR) is 41.5 cm³/mol. The fraction of sp³-hybridized carbons (Fsp3) is 0.500. The number of aliphatic hydroxyl groups excluding tert-OH is 1. The van der Waals surface area contributed by atoms with Gasteiger partial charge in [0.1, 0.15) is 0 Å². The molecule has 0 aromatic rings. The van der Waals surface area contributed by atoms with Crippen LogP contribution in [0.5, 0.6) is 0 Å². The molecule has 1 rings (SSSR count). The molecule has 0 bridgehead atoms. The number of hydrogen-bond acceptors (Lipinski definition) is 2. The van der Waals surface area contributed by atoms with Crippen molar-refractivity contribution in [3.63, 3.8) is 0 Å². The molecule has 1 atom stereocenters. The first-order valence-electron chi connectivity index (χ1n) is 3.56. The lowest BCUT2D eigenvalue weighted by Gasteiger charge is -2.13. The van der Waals surface area contributed by atoms with Gasteiger partial charge in [-0.2, -0.15) is 0 Å². The highest BCUT2D eigenvalue weighted by molar-refractivity contribution is 5.18. The molecular weight excluding hydrogens is 126 g/mol. The molecule has 0 aromatic heterocycles. The van der Waals surface area contributed by atoms with E-state index in [1.54, 1.807) is 0 Å². The summed E-state index contributed by atoms with van der Waals surface area (Å²) in [6.07, 6.45) is 7.56. The maximum Gasteiger partial charge on any atom is 0.0875 e. The van der Waals surface area contributed by atoms with Gasteiger partial charge in [0, 0.05) is 6.54 Å². The minimum Gasteiger partial charge on any atom is -0.387 e. The quantitative estimate of drug-likeness (QED) is 0.550. The van der Waals surface area contributed by atoms with Crippen molar-refractivity contribution in [1.82, 2.24) is 0 Å². The second-order valence-corrected chi connectivity index (χ2v) is 2.44. The van der Waals surface area contributed by atoms with Crippen LogP contribution in [-0.2, 0) is 0 Å². The summed E-state index contributed by atoms with van der Waals surface area (Å²) < 4.78 is 0. The van der Waals surface area contributed by atoms with E-state index in [1.807, 2.05) is 6.08 Å². The molecular formula is C8H13NO. The third-order valence-corrected chi connectivity index (χ3v) is 1.69. The summed E-state index contributed by atoms with van der Waals surface area (Å²) >= 11 is 0. The summed E-state index contributed by atoms with van der Waals surface area (Å²) in [5.74, 6) is 0. The second-order valence-electron chi connectivity index (χ2n) is 2.44. The summed E-state index contributed by atoms with van der Waals surface area (Å²) in [5.41, 5.74) is 6.35. The first-order chi connectivity index (χ1) is 4.84. The Hall–Kier alpha value is -0.600. The monoisotopic (exact) mass is 139 g/mol. The molecule has 0 aliphatic heterocycles. The lowest BCUT2D eigenvalue weighted by atomic mass is 10.0. The number of aliphatic hydroxyl groups is 1. The van der Waals surface area contributed by atoms with E-state index in [-0.39, 0.29) is 0 Å². The van der Waals surface area contributed by atoms with Crippen molar-refractivity contribution in [2.75, 3.05) is 6.54 Å². The van der Waals surface area contributed by atoms with Crippen LogP contribution in [0.2, 0.25) is 0 Å². The van der Waals surface area contributed by atoms with E-state index in [0.717, 1.165) is 18.4 Å². The molecule has 56 valence electrons. The van der Waals surface area contributed by atoms with Crippen molar-refractivity contribution in [3.05, 3.63) is 23.8 Å². The molecule has 1 aliphatic rings. The Morgan fingerprint density at radius 2 is 2.40 bits per heavy atom.